The van der Waals surface area contributed by atoms with E-state index in [2.05, 4.69) is 5.32 Å². The molecular formula is C15H22F2N2O2. The molecule has 0 unspecified atom stereocenters. The first kappa shape index (κ1) is 15.8. The normalized spacial score (nSPS) is 17.0. The summed E-state index contributed by atoms with van der Waals surface area (Å²) in [5, 5.41) is 3.43. The summed E-state index contributed by atoms with van der Waals surface area (Å²) in [6, 6.07) is 5.93. The Balaban J connectivity index is 1.91. The molecule has 0 atom stereocenters. The van der Waals surface area contributed by atoms with Crippen LogP contribution in [0.4, 0.5) is 14.5 Å². The largest absolute Gasteiger partial charge is 0.497 e. The second-order valence-corrected chi connectivity index (χ2v) is 5.21. The molecular weight excluding hydrogens is 278 g/mol. The lowest BCUT2D eigenvalue weighted by molar-refractivity contribution is 0.0769. The number of hydrogen-bond donors (Lipinski definition) is 1. The molecule has 6 heteroatoms. The second kappa shape index (κ2) is 7.45. The van der Waals surface area contributed by atoms with Crippen molar-refractivity contribution in [2.24, 2.45) is 0 Å². The SMILES string of the molecule is COc1cc(NC2CCN(CC(F)F)CC2)cc(OC)c1. The number of anilines is 1. The Labute approximate surface area is 124 Å². The lowest BCUT2D eigenvalue weighted by atomic mass is 10.0. The zero-order valence-corrected chi connectivity index (χ0v) is 12.4. The minimum Gasteiger partial charge on any atom is -0.497 e. The number of alkyl halides is 2. The fraction of sp³-hybridized carbons (Fsp3) is 0.600. The highest BCUT2D eigenvalue weighted by Crippen LogP contribution is 2.27. The van der Waals surface area contributed by atoms with Crippen molar-refractivity contribution in [2.75, 3.05) is 39.2 Å². The molecule has 0 spiro atoms. The first-order chi connectivity index (χ1) is 10.1. The van der Waals surface area contributed by atoms with Crippen molar-refractivity contribution < 1.29 is 18.3 Å². The van der Waals surface area contributed by atoms with Crippen LogP contribution >= 0.6 is 0 Å². The smallest absolute Gasteiger partial charge is 0.251 e. The predicted octanol–water partition coefficient (Wildman–Crippen LogP) is 2.85. The van der Waals surface area contributed by atoms with E-state index in [-0.39, 0.29) is 12.6 Å². The molecule has 2 rings (SSSR count). The summed E-state index contributed by atoms with van der Waals surface area (Å²) in [4.78, 5) is 1.81. The number of nitrogens with one attached hydrogen (secondary N) is 1. The first-order valence-corrected chi connectivity index (χ1v) is 7.11. The topological polar surface area (TPSA) is 33.7 Å². The third-order valence-corrected chi connectivity index (χ3v) is 3.71. The number of rotatable bonds is 6. The van der Waals surface area contributed by atoms with Crippen molar-refractivity contribution in [1.29, 1.82) is 0 Å². The number of halogens is 2. The van der Waals surface area contributed by atoms with Gasteiger partial charge in [0.15, 0.2) is 0 Å². The lowest BCUT2D eigenvalue weighted by Gasteiger charge is -2.32. The van der Waals surface area contributed by atoms with Crippen LogP contribution in [0, 0.1) is 0 Å². The van der Waals surface area contributed by atoms with Gasteiger partial charge in [-0.15, -0.1) is 0 Å². The van der Waals surface area contributed by atoms with Gasteiger partial charge in [0, 0.05) is 43.0 Å². The van der Waals surface area contributed by atoms with Crippen LogP contribution in [0.2, 0.25) is 0 Å². The van der Waals surface area contributed by atoms with Crippen LogP contribution in [-0.2, 0) is 0 Å². The van der Waals surface area contributed by atoms with Gasteiger partial charge < -0.3 is 14.8 Å². The third kappa shape index (κ3) is 4.74. The number of likely N-dealkylation sites (tertiary alicyclic amines) is 1. The summed E-state index contributed by atoms with van der Waals surface area (Å²) in [6.45, 7) is 1.27. The predicted molar refractivity (Wildman–Crippen MR) is 78.6 cm³/mol. The zero-order valence-electron chi connectivity index (χ0n) is 12.4. The van der Waals surface area contributed by atoms with Crippen LogP contribution in [0.5, 0.6) is 11.5 Å². The van der Waals surface area contributed by atoms with Crippen LogP contribution < -0.4 is 14.8 Å². The Hall–Kier alpha value is -1.56. The molecule has 0 amide bonds. The minimum atomic E-state index is -2.25. The highest BCUT2D eigenvalue weighted by molar-refractivity contribution is 5.54. The van der Waals surface area contributed by atoms with Crippen LogP contribution in [0.3, 0.4) is 0 Å². The van der Waals surface area contributed by atoms with E-state index in [1.165, 1.54) is 0 Å². The van der Waals surface area contributed by atoms with Crippen molar-refractivity contribution in [3.05, 3.63) is 18.2 Å². The maximum Gasteiger partial charge on any atom is 0.251 e. The molecule has 0 aromatic heterocycles. The van der Waals surface area contributed by atoms with Gasteiger partial charge >= 0.3 is 0 Å². The Morgan fingerprint density at radius 3 is 2.19 bits per heavy atom. The molecule has 1 aliphatic rings. The fourth-order valence-electron chi connectivity index (χ4n) is 2.58. The van der Waals surface area contributed by atoms with Crippen LogP contribution in [-0.4, -0.2) is 51.2 Å². The first-order valence-electron chi connectivity index (χ1n) is 7.11. The van der Waals surface area contributed by atoms with Crippen molar-refractivity contribution in [1.82, 2.24) is 4.90 Å². The summed E-state index contributed by atoms with van der Waals surface area (Å²) in [7, 11) is 3.22. The monoisotopic (exact) mass is 300 g/mol. The summed E-state index contributed by atoms with van der Waals surface area (Å²) < 4.78 is 35.2. The van der Waals surface area contributed by atoms with Gasteiger partial charge in [-0.05, 0) is 12.8 Å². The second-order valence-electron chi connectivity index (χ2n) is 5.21. The maximum absolute atomic E-state index is 12.3. The molecule has 1 aromatic carbocycles. The molecule has 4 nitrogen and oxygen atoms in total. The van der Waals surface area contributed by atoms with E-state index in [4.69, 9.17) is 9.47 Å². The molecule has 1 fully saturated rings. The van der Waals surface area contributed by atoms with E-state index in [1.807, 2.05) is 23.1 Å². The lowest BCUT2D eigenvalue weighted by Crippen LogP contribution is -2.41. The van der Waals surface area contributed by atoms with Gasteiger partial charge in [0.1, 0.15) is 11.5 Å². The van der Waals surface area contributed by atoms with Gasteiger partial charge in [0.25, 0.3) is 6.43 Å². The molecule has 118 valence electrons. The molecule has 0 radical (unpaired) electrons. The highest BCUT2D eigenvalue weighted by atomic mass is 19.3. The molecule has 1 aromatic rings. The van der Waals surface area contributed by atoms with Crippen molar-refractivity contribution >= 4 is 5.69 Å². The number of methoxy groups -OCH3 is 2. The Bertz CT molecular complexity index is 427. The summed E-state index contributed by atoms with van der Waals surface area (Å²) in [5.74, 6) is 1.46. The number of hydrogen-bond acceptors (Lipinski definition) is 4. The third-order valence-electron chi connectivity index (χ3n) is 3.71. The van der Waals surface area contributed by atoms with Gasteiger partial charge in [0.2, 0.25) is 0 Å². The number of piperidine rings is 1. The molecule has 0 aliphatic carbocycles. The minimum absolute atomic E-state index is 0.125. The van der Waals surface area contributed by atoms with Crippen molar-refractivity contribution in [3.8, 4) is 11.5 Å². The molecule has 21 heavy (non-hydrogen) atoms. The van der Waals surface area contributed by atoms with Gasteiger partial charge in [0.05, 0.1) is 20.8 Å². The Morgan fingerprint density at radius 1 is 1.14 bits per heavy atom. The van der Waals surface area contributed by atoms with Crippen molar-refractivity contribution in [2.45, 2.75) is 25.3 Å². The molecule has 1 saturated heterocycles. The number of ether oxygens (including phenoxy) is 2. The maximum atomic E-state index is 12.3. The van der Waals surface area contributed by atoms with Gasteiger partial charge in [-0.3, -0.25) is 4.90 Å². The van der Waals surface area contributed by atoms with E-state index in [0.29, 0.717) is 13.1 Å². The summed E-state index contributed by atoms with van der Waals surface area (Å²) in [6.07, 6.45) is -0.546. The van der Waals surface area contributed by atoms with Crippen molar-refractivity contribution in [3.63, 3.8) is 0 Å². The summed E-state index contributed by atoms with van der Waals surface area (Å²) in [5.41, 5.74) is 0.929. The average Bonchev–Trinajstić information content (AvgIpc) is 2.48. The molecule has 1 N–H and O–H groups in total. The van der Waals surface area contributed by atoms with E-state index in [1.54, 1.807) is 14.2 Å². The quantitative estimate of drug-likeness (QED) is 0.876. The van der Waals surface area contributed by atoms with E-state index >= 15 is 0 Å². The Kier molecular flexibility index (Phi) is 5.61. The van der Waals surface area contributed by atoms with Gasteiger partial charge in [-0.2, -0.15) is 0 Å². The van der Waals surface area contributed by atoms with E-state index < -0.39 is 6.43 Å². The molecule has 1 aliphatic heterocycles. The van der Waals surface area contributed by atoms with Crippen LogP contribution in [0.15, 0.2) is 18.2 Å². The van der Waals surface area contributed by atoms with Crippen LogP contribution in [0.1, 0.15) is 12.8 Å². The number of benzene rings is 1. The highest BCUT2D eigenvalue weighted by Gasteiger charge is 2.21. The molecule has 0 bridgehead atoms. The van der Waals surface area contributed by atoms with Crippen LogP contribution in [0.25, 0.3) is 0 Å². The Morgan fingerprint density at radius 2 is 1.71 bits per heavy atom. The van der Waals surface area contributed by atoms with E-state index in [0.717, 1.165) is 30.0 Å². The zero-order chi connectivity index (χ0) is 15.2. The molecule has 0 saturated carbocycles. The average molecular weight is 300 g/mol. The van der Waals surface area contributed by atoms with E-state index in [9.17, 15) is 8.78 Å². The number of nitrogens with zero attached hydrogens (tertiary/aromatic N) is 1. The van der Waals surface area contributed by atoms with Gasteiger partial charge in [-0.1, -0.05) is 0 Å². The standard InChI is InChI=1S/C15H22F2N2O2/c1-20-13-7-12(8-14(9-13)21-2)18-11-3-5-19(6-4-11)10-15(16)17/h7-9,11,15,18H,3-6,10H2,1-2H3. The van der Waals surface area contributed by atoms with Gasteiger partial charge in [-0.25, -0.2) is 8.78 Å². The summed E-state index contributed by atoms with van der Waals surface area (Å²) >= 11 is 0. The molecule has 1 heterocycles. The fourth-order valence-corrected chi connectivity index (χ4v) is 2.58.